The number of hydrogen-bond donors (Lipinski definition) is 2. The molecule has 0 saturated heterocycles. The summed E-state index contributed by atoms with van der Waals surface area (Å²) >= 11 is 0. The highest BCUT2D eigenvalue weighted by atomic mass is 19.4. The van der Waals surface area contributed by atoms with Crippen LogP contribution in [0.25, 0.3) is 11.0 Å². The number of hydrogen-bond acceptors (Lipinski definition) is 4. The number of halogens is 3. The van der Waals surface area contributed by atoms with Crippen LogP contribution in [0.4, 0.5) is 19.1 Å². The van der Waals surface area contributed by atoms with Gasteiger partial charge in [0.25, 0.3) is 0 Å². The third-order valence-electron chi connectivity index (χ3n) is 3.40. The lowest BCUT2D eigenvalue weighted by Crippen LogP contribution is -2.16. The van der Waals surface area contributed by atoms with Gasteiger partial charge in [0.2, 0.25) is 5.95 Å². The molecule has 8 heteroatoms. The van der Waals surface area contributed by atoms with Gasteiger partial charge in [-0.3, -0.25) is 0 Å². The topological polar surface area (TPSA) is 66.5 Å². The number of H-pyrrole nitrogens is 1. The SMILES string of the molecule is CCC(Nc1nccc(C(F)(F)F)n1)c1nc2ccccc2[nH]1. The summed E-state index contributed by atoms with van der Waals surface area (Å²) in [6.07, 6.45) is -2.80. The second-order valence-corrected chi connectivity index (χ2v) is 5.01. The Hall–Kier alpha value is -2.64. The molecule has 0 aliphatic rings. The van der Waals surface area contributed by atoms with Crippen molar-refractivity contribution in [2.45, 2.75) is 25.6 Å². The fourth-order valence-electron chi connectivity index (χ4n) is 2.24. The lowest BCUT2D eigenvalue weighted by molar-refractivity contribution is -0.141. The third kappa shape index (κ3) is 3.25. The van der Waals surface area contributed by atoms with Crippen LogP contribution < -0.4 is 5.32 Å². The van der Waals surface area contributed by atoms with Gasteiger partial charge >= 0.3 is 6.18 Å². The van der Waals surface area contributed by atoms with Crippen LogP contribution in [-0.2, 0) is 6.18 Å². The minimum Gasteiger partial charge on any atom is -0.344 e. The van der Waals surface area contributed by atoms with Crippen LogP contribution in [0.1, 0.15) is 30.9 Å². The molecule has 5 nitrogen and oxygen atoms in total. The van der Waals surface area contributed by atoms with Crippen molar-refractivity contribution >= 4 is 17.0 Å². The number of imidazole rings is 1. The van der Waals surface area contributed by atoms with E-state index in [0.29, 0.717) is 12.2 Å². The molecule has 0 bridgehead atoms. The molecule has 0 radical (unpaired) electrons. The Morgan fingerprint density at radius 1 is 1.17 bits per heavy atom. The fourth-order valence-corrected chi connectivity index (χ4v) is 2.24. The van der Waals surface area contributed by atoms with Crippen LogP contribution in [0.3, 0.4) is 0 Å². The molecular formula is C15H14F3N5. The van der Waals surface area contributed by atoms with Crippen molar-refractivity contribution in [2.75, 3.05) is 5.32 Å². The minimum absolute atomic E-state index is 0.0767. The number of nitrogens with zero attached hydrogens (tertiary/aromatic N) is 3. The summed E-state index contributed by atoms with van der Waals surface area (Å²) in [6, 6.07) is 8.03. The molecule has 2 heterocycles. The van der Waals surface area contributed by atoms with E-state index in [2.05, 4.69) is 25.3 Å². The number of alkyl halides is 3. The standard InChI is InChI=1S/C15H14F3N5/c1-2-9(13-20-10-5-3-4-6-11(10)21-13)22-14-19-8-7-12(23-14)15(16,17)18/h3-9H,2H2,1H3,(H,20,21)(H,19,22,23). The van der Waals surface area contributed by atoms with Crippen molar-refractivity contribution in [3.8, 4) is 0 Å². The Kier molecular flexibility index (Phi) is 3.89. The zero-order valence-electron chi connectivity index (χ0n) is 12.2. The molecule has 120 valence electrons. The average Bonchev–Trinajstić information content (AvgIpc) is 2.96. The number of aromatic amines is 1. The maximum atomic E-state index is 12.7. The van der Waals surface area contributed by atoms with Crippen molar-refractivity contribution in [3.05, 3.63) is 48.0 Å². The number of anilines is 1. The lowest BCUT2D eigenvalue weighted by Gasteiger charge is -2.15. The van der Waals surface area contributed by atoms with Gasteiger partial charge in [-0.15, -0.1) is 0 Å². The van der Waals surface area contributed by atoms with Crippen LogP contribution in [-0.4, -0.2) is 19.9 Å². The first-order chi connectivity index (χ1) is 11.0. The van der Waals surface area contributed by atoms with Gasteiger partial charge in [-0.05, 0) is 24.6 Å². The monoisotopic (exact) mass is 321 g/mol. The first-order valence-corrected chi connectivity index (χ1v) is 7.09. The highest BCUT2D eigenvalue weighted by Crippen LogP contribution is 2.28. The highest BCUT2D eigenvalue weighted by molar-refractivity contribution is 5.74. The highest BCUT2D eigenvalue weighted by Gasteiger charge is 2.33. The van der Waals surface area contributed by atoms with Crippen molar-refractivity contribution in [1.82, 2.24) is 19.9 Å². The lowest BCUT2D eigenvalue weighted by atomic mass is 10.2. The van der Waals surface area contributed by atoms with E-state index in [4.69, 9.17) is 0 Å². The molecule has 23 heavy (non-hydrogen) atoms. The van der Waals surface area contributed by atoms with Gasteiger partial charge in [-0.2, -0.15) is 13.2 Å². The van der Waals surface area contributed by atoms with Gasteiger partial charge in [0.15, 0.2) is 0 Å². The number of fused-ring (bicyclic) bond motifs is 1. The molecule has 0 fully saturated rings. The van der Waals surface area contributed by atoms with Crippen LogP contribution >= 0.6 is 0 Å². The molecule has 1 atom stereocenters. The molecular weight excluding hydrogens is 307 g/mol. The Balaban J connectivity index is 1.87. The first-order valence-electron chi connectivity index (χ1n) is 7.09. The average molecular weight is 321 g/mol. The van der Waals surface area contributed by atoms with E-state index in [1.807, 2.05) is 31.2 Å². The largest absolute Gasteiger partial charge is 0.433 e. The number of aromatic nitrogens is 4. The Labute approximate surface area is 130 Å². The predicted molar refractivity (Wildman–Crippen MR) is 79.8 cm³/mol. The maximum absolute atomic E-state index is 12.7. The fraction of sp³-hybridized carbons (Fsp3) is 0.267. The van der Waals surface area contributed by atoms with Crippen molar-refractivity contribution < 1.29 is 13.2 Å². The first kappa shape index (κ1) is 15.3. The van der Waals surface area contributed by atoms with Crippen molar-refractivity contribution in [2.24, 2.45) is 0 Å². The predicted octanol–water partition coefficient (Wildman–Crippen LogP) is 3.93. The van der Waals surface area contributed by atoms with E-state index < -0.39 is 11.9 Å². The molecule has 0 spiro atoms. The molecule has 0 amide bonds. The van der Waals surface area contributed by atoms with Crippen LogP contribution in [0.2, 0.25) is 0 Å². The quantitative estimate of drug-likeness (QED) is 0.764. The molecule has 0 saturated carbocycles. The minimum atomic E-state index is -4.50. The summed E-state index contributed by atoms with van der Waals surface area (Å²) < 4.78 is 38.1. The maximum Gasteiger partial charge on any atom is 0.433 e. The van der Waals surface area contributed by atoms with Crippen molar-refractivity contribution in [1.29, 1.82) is 0 Å². The van der Waals surface area contributed by atoms with Gasteiger partial charge in [0.05, 0.1) is 17.1 Å². The summed E-state index contributed by atoms with van der Waals surface area (Å²) in [5.41, 5.74) is 0.690. The molecule has 1 unspecified atom stereocenters. The second kappa shape index (κ2) is 5.86. The summed E-state index contributed by atoms with van der Waals surface area (Å²) in [5.74, 6) is 0.557. The number of rotatable bonds is 4. The van der Waals surface area contributed by atoms with E-state index in [-0.39, 0.29) is 12.0 Å². The van der Waals surface area contributed by atoms with Gasteiger partial charge in [0.1, 0.15) is 11.5 Å². The third-order valence-corrected chi connectivity index (χ3v) is 3.40. The Morgan fingerprint density at radius 2 is 1.96 bits per heavy atom. The van der Waals surface area contributed by atoms with Gasteiger partial charge < -0.3 is 10.3 Å². The Bertz CT molecular complexity index is 779. The molecule has 3 rings (SSSR count). The van der Waals surface area contributed by atoms with Gasteiger partial charge in [-0.25, -0.2) is 15.0 Å². The normalized spacial score (nSPS) is 13.2. The zero-order valence-corrected chi connectivity index (χ0v) is 12.2. The summed E-state index contributed by atoms with van der Waals surface area (Å²) in [7, 11) is 0. The molecule has 3 aromatic rings. The van der Waals surface area contributed by atoms with Gasteiger partial charge in [-0.1, -0.05) is 19.1 Å². The second-order valence-electron chi connectivity index (χ2n) is 5.01. The number of para-hydroxylation sites is 2. The number of nitrogens with one attached hydrogen (secondary N) is 2. The molecule has 2 N–H and O–H groups in total. The van der Waals surface area contributed by atoms with E-state index >= 15 is 0 Å². The van der Waals surface area contributed by atoms with Gasteiger partial charge in [0, 0.05) is 6.20 Å². The van der Waals surface area contributed by atoms with Crippen molar-refractivity contribution in [3.63, 3.8) is 0 Å². The smallest absolute Gasteiger partial charge is 0.344 e. The van der Waals surface area contributed by atoms with E-state index in [0.717, 1.165) is 23.3 Å². The molecule has 2 aromatic heterocycles. The number of benzene rings is 1. The molecule has 0 aliphatic heterocycles. The molecule has 1 aromatic carbocycles. The van der Waals surface area contributed by atoms with Crippen LogP contribution in [0, 0.1) is 0 Å². The summed E-state index contributed by atoms with van der Waals surface area (Å²) in [5, 5.41) is 2.90. The van der Waals surface area contributed by atoms with E-state index in [1.54, 1.807) is 0 Å². The summed E-state index contributed by atoms with van der Waals surface area (Å²) in [6.45, 7) is 1.90. The molecule has 0 aliphatic carbocycles. The van der Waals surface area contributed by atoms with Crippen LogP contribution in [0.5, 0.6) is 0 Å². The van der Waals surface area contributed by atoms with E-state index in [1.165, 1.54) is 0 Å². The summed E-state index contributed by atoms with van der Waals surface area (Å²) in [4.78, 5) is 15.0. The van der Waals surface area contributed by atoms with Crippen LogP contribution in [0.15, 0.2) is 36.5 Å². The van der Waals surface area contributed by atoms with E-state index in [9.17, 15) is 13.2 Å². The Morgan fingerprint density at radius 3 is 2.65 bits per heavy atom. The zero-order chi connectivity index (χ0) is 16.4.